The number of carbonyl (C=O) groups excluding carboxylic acids is 2. The Balaban J connectivity index is 1.79. The fourth-order valence-electron chi connectivity index (χ4n) is 4.39. The van der Waals surface area contributed by atoms with Gasteiger partial charge in [0, 0.05) is 17.9 Å². The highest BCUT2D eigenvalue weighted by Gasteiger charge is 2.53. The van der Waals surface area contributed by atoms with Crippen molar-refractivity contribution in [2.24, 2.45) is 0 Å². The van der Waals surface area contributed by atoms with Crippen LogP contribution in [0.1, 0.15) is 28.8 Å². The molecule has 1 fully saturated rings. The van der Waals surface area contributed by atoms with Crippen molar-refractivity contribution in [3.05, 3.63) is 52.7 Å². The van der Waals surface area contributed by atoms with Crippen molar-refractivity contribution in [2.45, 2.75) is 51.1 Å². The number of anilines is 2. The lowest BCUT2D eigenvalue weighted by atomic mass is 9.96. The quantitative estimate of drug-likeness (QED) is 0.733. The van der Waals surface area contributed by atoms with Crippen LogP contribution < -0.4 is 9.80 Å². The Labute approximate surface area is 182 Å². The van der Waals surface area contributed by atoms with Gasteiger partial charge in [-0.3, -0.25) is 14.5 Å². The molecule has 32 heavy (non-hydrogen) atoms. The second-order valence-corrected chi connectivity index (χ2v) is 8.11. The van der Waals surface area contributed by atoms with E-state index in [9.17, 15) is 33.0 Å². The molecule has 0 bridgehead atoms. The van der Waals surface area contributed by atoms with E-state index in [1.807, 2.05) is 13.0 Å². The number of carbonyl (C=O) groups is 2. The van der Waals surface area contributed by atoms with Crippen molar-refractivity contribution in [1.29, 1.82) is 0 Å². The highest BCUT2D eigenvalue weighted by atomic mass is 19.4. The molecule has 2 aliphatic rings. The van der Waals surface area contributed by atoms with Crippen molar-refractivity contribution < 1.29 is 33.0 Å². The van der Waals surface area contributed by atoms with Crippen molar-refractivity contribution in [3.8, 4) is 0 Å². The van der Waals surface area contributed by atoms with Gasteiger partial charge in [0.2, 0.25) is 0 Å². The Bertz CT molecular complexity index is 1090. The molecule has 7 nitrogen and oxygen atoms in total. The predicted molar refractivity (Wildman–Crippen MR) is 109 cm³/mol. The predicted octanol–water partition coefficient (Wildman–Crippen LogP) is 2.13. The van der Waals surface area contributed by atoms with Crippen molar-refractivity contribution in [3.63, 3.8) is 0 Å². The minimum absolute atomic E-state index is 0.0244. The first-order valence-corrected chi connectivity index (χ1v) is 10.2. The maximum atomic E-state index is 13.5. The molecule has 170 valence electrons. The number of pyridine rings is 1. The summed E-state index contributed by atoms with van der Waals surface area (Å²) in [6.07, 6.45) is -7.09. The molecule has 2 aromatic rings. The topological polar surface area (TPSA) is 94.0 Å². The second-order valence-electron chi connectivity index (χ2n) is 8.11. The van der Waals surface area contributed by atoms with Crippen LogP contribution in [0.4, 0.5) is 24.7 Å². The first-order chi connectivity index (χ1) is 15.0. The number of aliphatic hydroxyl groups excluding tert-OH is 2. The second kappa shape index (κ2) is 7.86. The summed E-state index contributed by atoms with van der Waals surface area (Å²) in [5, 5.41) is 20.7. The van der Waals surface area contributed by atoms with Gasteiger partial charge in [0.25, 0.3) is 11.8 Å². The Morgan fingerprint density at radius 1 is 1.19 bits per heavy atom. The lowest BCUT2D eigenvalue weighted by Crippen LogP contribution is -2.52. The summed E-state index contributed by atoms with van der Waals surface area (Å²) in [5.41, 5.74) is 1.48. The number of fused-ring (bicyclic) bond motifs is 1. The summed E-state index contributed by atoms with van der Waals surface area (Å²) >= 11 is 0. The zero-order valence-electron chi connectivity index (χ0n) is 17.4. The molecular weight excluding hydrogens is 427 g/mol. The number of rotatable bonds is 2. The molecule has 0 saturated carbocycles. The van der Waals surface area contributed by atoms with Crippen LogP contribution in [0.5, 0.6) is 0 Å². The zero-order chi connectivity index (χ0) is 23.4. The first-order valence-electron chi connectivity index (χ1n) is 10.2. The van der Waals surface area contributed by atoms with Gasteiger partial charge < -0.3 is 15.1 Å². The Morgan fingerprint density at radius 2 is 1.91 bits per heavy atom. The molecule has 1 saturated heterocycles. The number of aryl methyl sites for hydroxylation is 2. The van der Waals surface area contributed by atoms with Gasteiger partial charge in [-0.25, -0.2) is 4.98 Å². The van der Waals surface area contributed by atoms with Gasteiger partial charge >= 0.3 is 6.18 Å². The number of amides is 2. The van der Waals surface area contributed by atoms with Crippen LogP contribution in [0.25, 0.3) is 0 Å². The fraction of sp³-hybridized carbons (Fsp3) is 0.409. The Morgan fingerprint density at radius 3 is 2.59 bits per heavy atom. The van der Waals surface area contributed by atoms with E-state index in [1.54, 1.807) is 12.1 Å². The molecule has 1 aromatic carbocycles. The molecule has 2 aliphatic heterocycles. The number of nitrogens with zero attached hydrogens (tertiary/aromatic N) is 3. The van der Waals surface area contributed by atoms with E-state index >= 15 is 0 Å². The molecule has 1 aromatic heterocycles. The third-order valence-electron chi connectivity index (χ3n) is 5.93. The summed E-state index contributed by atoms with van der Waals surface area (Å²) in [5.74, 6) is -2.22. The number of alkyl halides is 3. The maximum Gasteiger partial charge on any atom is 0.416 e. The number of aliphatic hydroxyl groups is 2. The highest BCUT2D eigenvalue weighted by molar-refractivity contribution is 6.11. The van der Waals surface area contributed by atoms with Crippen LogP contribution in [0, 0.1) is 13.8 Å². The molecule has 10 heteroatoms. The van der Waals surface area contributed by atoms with E-state index in [-0.39, 0.29) is 5.69 Å². The van der Waals surface area contributed by atoms with E-state index < -0.39 is 47.6 Å². The van der Waals surface area contributed by atoms with E-state index in [2.05, 4.69) is 4.98 Å². The molecule has 3 heterocycles. The molecule has 4 rings (SSSR count). The average Bonchev–Trinajstić information content (AvgIpc) is 2.96. The minimum atomic E-state index is -4.70. The third-order valence-corrected chi connectivity index (χ3v) is 5.93. The highest BCUT2D eigenvalue weighted by Crippen LogP contribution is 2.36. The number of hydrogen-bond acceptors (Lipinski definition) is 5. The van der Waals surface area contributed by atoms with Crippen molar-refractivity contribution in [2.75, 3.05) is 16.3 Å². The third kappa shape index (κ3) is 3.63. The van der Waals surface area contributed by atoms with Crippen LogP contribution >= 0.6 is 0 Å². The van der Waals surface area contributed by atoms with Crippen LogP contribution in [-0.2, 0) is 22.2 Å². The fourth-order valence-corrected chi connectivity index (χ4v) is 4.39. The molecule has 0 spiro atoms. The molecule has 0 unspecified atom stereocenters. The summed E-state index contributed by atoms with van der Waals surface area (Å²) in [7, 11) is 0. The van der Waals surface area contributed by atoms with E-state index in [1.165, 1.54) is 11.8 Å². The lowest BCUT2D eigenvalue weighted by Gasteiger charge is -2.35. The largest absolute Gasteiger partial charge is 0.416 e. The summed E-state index contributed by atoms with van der Waals surface area (Å²) in [6, 6.07) is 5.28. The molecule has 0 aliphatic carbocycles. The van der Waals surface area contributed by atoms with Gasteiger partial charge in [-0.1, -0.05) is 12.1 Å². The SMILES string of the molecule is Cc1cc(C(F)(F)F)cc(N2C(=O)[C@@H](O)[C@@H](O)[C@H]2C(=O)N2CCCc3c(C)cccc32)n1. The van der Waals surface area contributed by atoms with Gasteiger partial charge in [-0.05, 0) is 56.0 Å². The average molecular weight is 449 g/mol. The van der Waals surface area contributed by atoms with Crippen LogP contribution in [-0.4, -0.2) is 51.8 Å². The van der Waals surface area contributed by atoms with E-state index in [0.29, 0.717) is 29.6 Å². The minimum Gasteiger partial charge on any atom is -0.387 e. The number of benzene rings is 1. The zero-order valence-corrected chi connectivity index (χ0v) is 17.4. The Kier molecular flexibility index (Phi) is 5.46. The summed E-state index contributed by atoms with van der Waals surface area (Å²) in [4.78, 5) is 32.3. The van der Waals surface area contributed by atoms with Gasteiger partial charge in [0.05, 0.1) is 5.56 Å². The Hall–Kier alpha value is -2.98. The number of halogens is 3. The first kappa shape index (κ1) is 22.2. The summed E-state index contributed by atoms with van der Waals surface area (Å²) in [6.45, 7) is 3.55. The molecule has 2 amide bonds. The standard InChI is InChI=1S/C22H22F3N3O4/c1-11-5-3-7-15-14(11)6-4-8-27(15)20(31)17-18(29)19(30)21(32)28(17)16-10-13(22(23,24)25)9-12(2)26-16/h3,5,7,9-10,17-19,29-30H,4,6,8H2,1-2H3/t17-,18-,19-/m0/s1. The van der Waals surface area contributed by atoms with Crippen LogP contribution in [0.2, 0.25) is 0 Å². The molecule has 3 atom stereocenters. The summed E-state index contributed by atoms with van der Waals surface area (Å²) < 4.78 is 40.0. The smallest absolute Gasteiger partial charge is 0.387 e. The molecule has 0 radical (unpaired) electrons. The molecule has 2 N–H and O–H groups in total. The van der Waals surface area contributed by atoms with Gasteiger partial charge in [-0.15, -0.1) is 0 Å². The van der Waals surface area contributed by atoms with Gasteiger partial charge in [0.15, 0.2) is 6.10 Å². The van der Waals surface area contributed by atoms with Crippen LogP contribution in [0.3, 0.4) is 0 Å². The van der Waals surface area contributed by atoms with Crippen molar-refractivity contribution in [1.82, 2.24) is 4.98 Å². The number of aromatic nitrogens is 1. The number of hydrogen-bond donors (Lipinski definition) is 2. The lowest BCUT2D eigenvalue weighted by molar-refractivity contribution is -0.137. The van der Waals surface area contributed by atoms with Crippen LogP contribution in [0.15, 0.2) is 30.3 Å². The maximum absolute atomic E-state index is 13.5. The van der Waals surface area contributed by atoms with Crippen molar-refractivity contribution >= 4 is 23.3 Å². The normalized spacial score (nSPS) is 23.5. The van der Waals surface area contributed by atoms with E-state index in [4.69, 9.17) is 0 Å². The van der Waals surface area contributed by atoms with E-state index in [0.717, 1.165) is 23.6 Å². The monoisotopic (exact) mass is 449 g/mol. The van der Waals surface area contributed by atoms with Gasteiger partial charge in [0.1, 0.15) is 18.0 Å². The molecular formula is C22H22F3N3O4. The van der Waals surface area contributed by atoms with Gasteiger partial charge in [-0.2, -0.15) is 13.2 Å².